The van der Waals surface area contributed by atoms with E-state index in [2.05, 4.69) is 10.6 Å². The number of carbonyl (C=O) groups excluding carboxylic acids is 3. The average Bonchev–Trinajstić information content (AvgIpc) is 2.60. The smallest absolute Gasteiger partial charge is 0.251 e. The summed E-state index contributed by atoms with van der Waals surface area (Å²) in [6, 6.07) is 17.1. The molecule has 0 aromatic heterocycles. The zero-order valence-corrected chi connectivity index (χ0v) is 13.5. The Labute approximate surface area is 141 Å². The molecule has 1 unspecified atom stereocenters. The van der Waals surface area contributed by atoms with Crippen LogP contribution in [0.2, 0.25) is 0 Å². The fourth-order valence-electron chi connectivity index (χ4n) is 2.29. The van der Waals surface area contributed by atoms with Crippen LogP contribution < -0.4 is 10.6 Å². The van der Waals surface area contributed by atoms with Gasteiger partial charge in [0.1, 0.15) is 5.78 Å². The molecule has 0 fully saturated rings. The molecule has 0 radical (unpaired) electrons. The number of rotatable bonds is 7. The number of benzene rings is 2. The molecule has 5 nitrogen and oxygen atoms in total. The van der Waals surface area contributed by atoms with Crippen molar-refractivity contribution in [1.29, 1.82) is 0 Å². The van der Waals surface area contributed by atoms with E-state index in [4.69, 9.17) is 0 Å². The van der Waals surface area contributed by atoms with Crippen molar-refractivity contribution in [2.45, 2.75) is 19.4 Å². The van der Waals surface area contributed by atoms with Crippen LogP contribution in [-0.4, -0.2) is 30.2 Å². The molecule has 1 atom stereocenters. The molecule has 2 aromatic rings. The minimum absolute atomic E-state index is 0.0534. The third kappa shape index (κ3) is 5.35. The fraction of sp³-hybridized carbons (Fsp3) is 0.211. The predicted molar refractivity (Wildman–Crippen MR) is 91.8 cm³/mol. The van der Waals surface area contributed by atoms with E-state index in [0.29, 0.717) is 11.1 Å². The number of Topliss-reactive ketones (excluding diaryl/α,β-unsaturated/α-hetero) is 1. The van der Waals surface area contributed by atoms with Gasteiger partial charge in [0, 0.05) is 24.1 Å². The molecule has 2 N–H and O–H groups in total. The summed E-state index contributed by atoms with van der Waals surface area (Å²) in [5.41, 5.74) is 1.05. The first-order valence-electron chi connectivity index (χ1n) is 7.75. The first-order chi connectivity index (χ1) is 11.6. The molecule has 0 aliphatic rings. The van der Waals surface area contributed by atoms with Gasteiger partial charge in [-0.2, -0.15) is 0 Å². The van der Waals surface area contributed by atoms with Crippen molar-refractivity contribution in [3.63, 3.8) is 0 Å². The van der Waals surface area contributed by atoms with Crippen LogP contribution >= 0.6 is 0 Å². The van der Waals surface area contributed by atoms with Crippen molar-refractivity contribution in [1.82, 2.24) is 10.6 Å². The van der Waals surface area contributed by atoms with E-state index in [1.165, 1.54) is 6.92 Å². The second-order valence-electron chi connectivity index (χ2n) is 5.52. The molecule has 0 bridgehead atoms. The van der Waals surface area contributed by atoms with E-state index in [1.807, 2.05) is 12.1 Å². The van der Waals surface area contributed by atoms with Crippen molar-refractivity contribution in [3.8, 4) is 0 Å². The minimum Gasteiger partial charge on any atom is -0.350 e. The van der Waals surface area contributed by atoms with Gasteiger partial charge in [-0.1, -0.05) is 36.4 Å². The maximum atomic E-state index is 12.2. The van der Waals surface area contributed by atoms with Crippen LogP contribution in [0.5, 0.6) is 0 Å². The quantitative estimate of drug-likeness (QED) is 0.820. The standard InChI is InChI=1S/C19H20N2O3/c1-14(22)12-17(21-19(24)16-10-6-3-7-11-16)13-20-18(23)15-8-4-2-5-9-15/h2-11,17H,12-13H2,1H3,(H,20,23)(H,21,24). The van der Waals surface area contributed by atoms with Gasteiger partial charge in [-0.3, -0.25) is 14.4 Å². The third-order valence-electron chi connectivity index (χ3n) is 3.45. The summed E-state index contributed by atoms with van der Waals surface area (Å²) in [7, 11) is 0. The van der Waals surface area contributed by atoms with Gasteiger partial charge in [0.05, 0.1) is 6.04 Å². The average molecular weight is 324 g/mol. The molecule has 0 saturated carbocycles. The van der Waals surface area contributed by atoms with Gasteiger partial charge in [-0.25, -0.2) is 0 Å². The molecule has 2 rings (SSSR count). The summed E-state index contributed by atoms with van der Waals surface area (Å²) in [6.45, 7) is 1.65. The second-order valence-corrected chi connectivity index (χ2v) is 5.52. The summed E-state index contributed by atoms with van der Waals surface area (Å²) in [6.07, 6.45) is 0.160. The Kier molecular flexibility index (Phi) is 6.25. The lowest BCUT2D eigenvalue weighted by atomic mass is 10.1. The number of amides is 2. The summed E-state index contributed by atoms with van der Waals surface area (Å²) >= 11 is 0. The highest BCUT2D eigenvalue weighted by Gasteiger charge is 2.17. The Morgan fingerprint density at radius 1 is 0.833 bits per heavy atom. The van der Waals surface area contributed by atoms with Crippen molar-refractivity contribution in [2.24, 2.45) is 0 Å². The second kappa shape index (κ2) is 8.62. The predicted octanol–water partition coefficient (Wildman–Crippen LogP) is 2.19. The van der Waals surface area contributed by atoms with Crippen molar-refractivity contribution < 1.29 is 14.4 Å². The number of ketones is 1. The molecule has 0 aliphatic heterocycles. The maximum Gasteiger partial charge on any atom is 0.251 e. The summed E-state index contributed by atoms with van der Waals surface area (Å²) in [4.78, 5) is 35.7. The molecule has 0 aliphatic carbocycles. The molecule has 0 heterocycles. The highest BCUT2D eigenvalue weighted by molar-refractivity contribution is 5.95. The highest BCUT2D eigenvalue weighted by Crippen LogP contribution is 2.02. The van der Waals surface area contributed by atoms with E-state index >= 15 is 0 Å². The van der Waals surface area contributed by atoms with Gasteiger partial charge in [0.25, 0.3) is 11.8 Å². The molecular weight excluding hydrogens is 304 g/mol. The topological polar surface area (TPSA) is 75.3 Å². The van der Waals surface area contributed by atoms with Gasteiger partial charge >= 0.3 is 0 Å². The van der Waals surface area contributed by atoms with Crippen molar-refractivity contribution in [2.75, 3.05) is 6.54 Å². The summed E-state index contributed by atoms with van der Waals surface area (Å²) in [5, 5.41) is 5.55. The lowest BCUT2D eigenvalue weighted by molar-refractivity contribution is -0.117. The van der Waals surface area contributed by atoms with Gasteiger partial charge in [-0.05, 0) is 31.2 Å². The molecule has 0 saturated heterocycles. The fourth-order valence-corrected chi connectivity index (χ4v) is 2.29. The first-order valence-corrected chi connectivity index (χ1v) is 7.75. The van der Waals surface area contributed by atoms with Crippen LogP contribution in [0.25, 0.3) is 0 Å². The van der Waals surface area contributed by atoms with Gasteiger partial charge in [0.2, 0.25) is 0 Å². The maximum absolute atomic E-state index is 12.2. The first kappa shape index (κ1) is 17.4. The van der Waals surface area contributed by atoms with E-state index in [9.17, 15) is 14.4 Å². The Bertz CT molecular complexity index is 699. The number of hydrogen-bond donors (Lipinski definition) is 2. The molecular formula is C19H20N2O3. The van der Waals surface area contributed by atoms with Crippen LogP contribution in [0.1, 0.15) is 34.1 Å². The number of hydrogen-bond acceptors (Lipinski definition) is 3. The zero-order chi connectivity index (χ0) is 17.4. The number of carbonyl (C=O) groups is 3. The van der Waals surface area contributed by atoms with Gasteiger partial charge in [-0.15, -0.1) is 0 Å². The molecule has 2 amide bonds. The van der Waals surface area contributed by atoms with Crippen LogP contribution in [0.4, 0.5) is 0 Å². The molecule has 5 heteroatoms. The Hall–Kier alpha value is -2.95. The SMILES string of the molecule is CC(=O)CC(CNC(=O)c1ccccc1)NC(=O)c1ccccc1. The zero-order valence-electron chi connectivity index (χ0n) is 13.5. The molecule has 0 spiro atoms. The van der Waals surface area contributed by atoms with E-state index in [-0.39, 0.29) is 30.6 Å². The Morgan fingerprint density at radius 2 is 1.33 bits per heavy atom. The van der Waals surface area contributed by atoms with Crippen LogP contribution in [0.3, 0.4) is 0 Å². The molecule has 2 aromatic carbocycles. The molecule has 24 heavy (non-hydrogen) atoms. The summed E-state index contributed by atoms with van der Waals surface area (Å²) in [5.74, 6) is -0.559. The van der Waals surface area contributed by atoms with Gasteiger partial charge < -0.3 is 10.6 Å². The largest absolute Gasteiger partial charge is 0.350 e. The Balaban J connectivity index is 1.97. The normalized spacial score (nSPS) is 11.4. The van der Waals surface area contributed by atoms with Gasteiger partial charge in [0.15, 0.2) is 0 Å². The Morgan fingerprint density at radius 3 is 1.83 bits per heavy atom. The minimum atomic E-state index is -0.456. The monoisotopic (exact) mass is 324 g/mol. The molecule has 124 valence electrons. The highest BCUT2D eigenvalue weighted by atomic mass is 16.2. The van der Waals surface area contributed by atoms with E-state index < -0.39 is 6.04 Å². The third-order valence-corrected chi connectivity index (χ3v) is 3.45. The van der Waals surface area contributed by atoms with Crippen LogP contribution in [0, 0.1) is 0 Å². The summed E-state index contributed by atoms with van der Waals surface area (Å²) < 4.78 is 0. The lowest BCUT2D eigenvalue weighted by Gasteiger charge is -2.18. The lowest BCUT2D eigenvalue weighted by Crippen LogP contribution is -2.44. The van der Waals surface area contributed by atoms with Crippen molar-refractivity contribution in [3.05, 3.63) is 71.8 Å². The van der Waals surface area contributed by atoms with Crippen LogP contribution in [0.15, 0.2) is 60.7 Å². The van der Waals surface area contributed by atoms with Crippen LogP contribution in [-0.2, 0) is 4.79 Å². The van der Waals surface area contributed by atoms with Crippen molar-refractivity contribution >= 4 is 17.6 Å². The number of nitrogens with one attached hydrogen (secondary N) is 2. The van der Waals surface area contributed by atoms with E-state index in [1.54, 1.807) is 48.5 Å². The van der Waals surface area contributed by atoms with E-state index in [0.717, 1.165) is 0 Å².